The van der Waals surface area contributed by atoms with Crippen LogP contribution in [0.15, 0.2) is 47.5 Å². The highest BCUT2D eigenvalue weighted by Gasteiger charge is 2.27. The highest BCUT2D eigenvalue weighted by Crippen LogP contribution is 2.35. The molecule has 1 aromatic heterocycles. The molecular weight excluding hydrogens is 422 g/mol. The number of nitrogens with zero attached hydrogens (tertiary/aromatic N) is 1. The molecule has 0 unspecified atom stereocenters. The molecule has 4 nitrogen and oxygen atoms in total. The third kappa shape index (κ3) is 3.54. The first-order valence-electron chi connectivity index (χ1n) is 9.07. The number of nitrogens with one attached hydrogen (secondary N) is 1. The zero-order chi connectivity index (χ0) is 19.9. The van der Waals surface area contributed by atoms with E-state index in [-0.39, 0.29) is 14.9 Å². The monoisotopic (exact) mass is 440 g/mol. The Bertz CT molecular complexity index is 1120. The Labute approximate surface area is 173 Å². The van der Waals surface area contributed by atoms with Gasteiger partial charge in [0.2, 0.25) is 0 Å². The van der Waals surface area contributed by atoms with E-state index in [4.69, 9.17) is 23.2 Å². The molecule has 1 fully saturated rings. The normalized spacial score (nSPS) is 16.0. The molecule has 0 spiro atoms. The quantitative estimate of drug-likeness (QED) is 0.629. The molecule has 0 amide bonds. The van der Waals surface area contributed by atoms with Crippen LogP contribution in [0.2, 0.25) is 10.0 Å². The maximum atomic E-state index is 13.9. The minimum atomic E-state index is -4.04. The Hall–Kier alpha value is -1.60. The van der Waals surface area contributed by atoms with E-state index in [0.29, 0.717) is 23.2 Å². The number of hydrogen-bond donors (Lipinski definition) is 1. The van der Waals surface area contributed by atoms with Crippen molar-refractivity contribution in [2.75, 3.05) is 13.1 Å². The fourth-order valence-electron chi connectivity index (χ4n) is 3.82. The average Bonchev–Trinajstić information content (AvgIpc) is 3.01. The molecule has 1 aliphatic heterocycles. The van der Waals surface area contributed by atoms with Crippen LogP contribution in [0, 0.1) is 11.7 Å². The van der Waals surface area contributed by atoms with Crippen molar-refractivity contribution in [3.8, 4) is 0 Å². The van der Waals surface area contributed by atoms with Crippen LogP contribution in [-0.4, -0.2) is 25.5 Å². The van der Waals surface area contributed by atoms with Crippen molar-refractivity contribution in [3.05, 3.63) is 64.0 Å². The molecule has 0 saturated carbocycles. The van der Waals surface area contributed by atoms with Gasteiger partial charge < -0.3 is 5.32 Å². The largest absolute Gasteiger partial charge is 0.317 e. The van der Waals surface area contributed by atoms with Gasteiger partial charge in [-0.3, -0.25) is 0 Å². The van der Waals surface area contributed by atoms with Crippen molar-refractivity contribution >= 4 is 44.1 Å². The van der Waals surface area contributed by atoms with E-state index in [9.17, 15) is 12.8 Å². The Morgan fingerprint density at radius 2 is 1.79 bits per heavy atom. The topological polar surface area (TPSA) is 51.1 Å². The van der Waals surface area contributed by atoms with Gasteiger partial charge in [-0.1, -0.05) is 29.3 Å². The SMILES string of the molecule is O=S(=O)(c1c(Cl)cccc1Cl)n1cc(CC2CCNCC2)c2cc(F)ccc21. The van der Waals surface area contributed by atoms with E-state index in [2.05, 4.69) is 5.32 Å². The van der Waals surface area contributed by atoms with Gasteiger partial charge in [0.15, 0.2) is 0 Å². The molecule has 0 atom stereocenters. The van der Waals surface area contributed by atoms with E-state index < -0.39 is 15.8 Å². The minimum Gasteiger partial charge on any atom is -0.317 e. The standard InChI is InChI=1S/C20H19Cl2FN2O2S/c21-17-2-1-3-18(22)20(17)28(26,27)25-12-14(10-13-6-8-24-9-7-13)16-11-15(23)4-5-19(16)25/h1-5,11-13,24H,6-10H2. The van der Waals surface area contributed by atoms with Crippen molar-refractivity contribution in [3.63, 3.8) is 0 Å². The molecule has 3 aromatic rings. The highest BCUT2D eigenvalue weighted by molar-refractivity contribution is 7.90. The van der Waals surface area contributed by atoms with E-state index in [0.717, 1.165) is 31.5 Å². The number of piperidine rings is 1. The van der Waals surface area contributed by atoms with Crippen LogP contribution in [0.1, 0.15) is 18.4 Å². The third-order valence-electron chi connectivity index (χ3n) is 5.22. The summed E-state index contributed by atoms with van der Waals surface area (Å²) >= 11 is 12.3. The highest BCUT2D eigenvalue weighted by atomic mass is 35.5. The summed E-state index contributed by atoms with van der Waals surface area (Å²) in [6.07, 6.45) is 4.29. The van der Waals surface area contributed by atoms with Crippen LogP contribution < -0.4 is 5.32 Å². The molecule has 0 bridgehead atoms. The van der Waals surface area contributed by atoms with Crippen molar-refractivity contribution in [1.82, 2.24) is 9.29 Å². The van der Waals surface area contributed by atoms with Crippen LogP contribution in [0.5, 0.6) is 0 Å². The number of aromatic nitrogens is 1. The van der Waals surface area contributed by atoms with Gasteiger partial charge in [-0.25, -0.2) is 16.8 Å². The van der Waals surface area contributed by atoms with Crippen molar-refractivity contribution in [1.29, 1.82) is 0 Å². The summed E-state index contributed by atoms with van der Waals surface area (Å²) in [6, 6.07) is 8.71. The Morgan fingerprint density at radius 1 is 1.11 bits per heavy atom. The fraction of sp³-hybridized carbons (Fsp3) is 0.300. The first-order valence-corrected chi connectivity index (χ1v) is 11.3. The number of hydrogen-bond acceptors (Lipinski definition) is 3. The number of halogens is 3. The Balaban J connectivity index is 1.87. The predicted molar refractivity (Wildman–Crippen MR) is 110 cm³/mol. The van der Waals surface area contributed by atoms with Gasteiger partial charge in [0.25, 0.3) is 10.0 Å². The maximum Gasteiger partial charge on any atom is 0.271 e. The van der Waals surface area contributed by atoms with Crippen LogP contribution in [0.25, 0.3) is 10.9 Å². The number of benzene rings is 2. The third-order valence-corrected chi connectivity index (χ3v) is 7.85. The molecule has 2 aromatic carbocycles. The maximum absolute atomic E-state index is 13.9. The van der Waals surface area contributed by atoms with E-state index in [1.165, 1.54) is 34.3 Å². The summed E-state index contributed by atoms with van der Waals surface area (Å²) in [5.74, 6) is 0.0279. The number of rotatable bonds is 4. The number of fused-ring (bicyclic) bond motifs is 1. The second kappa shape index (κ2) is 7.67. The molecule has 2 heterocycles. The molecule has 0 radical (unpaired) electrons. The fourth-order valence-corrected chi connectivity index (χ4v) is 6.32. The zero-order valence-corrected chi connectivity index (χ0v) is 17.3. The van der Waals surface area contributed by atoms with Gasteiger partial charge in [0.1, 0.15) is 10.7 Å². The lowest BCUT2D eigenvalue weighted by molar-refractivity contribution is 0.373. The summed E-state index contributed by atoms with van der Waals surface area (Å²) in [5, 5.41) is 4.03. The predicted octanol–water partition coefficient (Wildman–Crippen LogP) is 4.87. The van der Waals surface area contributed by atoms with E-state index >= 15 is 0 Å². The first kappa shape index (κ1) is 19.7. The van der Waals surface area contributed by atoms with Gasteiger partial charge in [0.05, 0.1) is 15.6 Å². The lowest BCUT2D eigenvalue weighted by Crippen LogP contribution is -2.28. The van der Waals surface area contributed by atoms with E-state index in [1.54, 1.807) is 12.3 Å². The summed E-state index contributed by atoms with van der Waals surface area (Å²) in [6.45, 7) is 1.87. The molecule has 148 valence electrons. The van der Waals surface area contributed by atoms with Crippen molar-refractivity contribution in [2.24, 2.45) is 5.92 Å². The lowest BCUT2D eigenvalue weighted by Gasteiger charge is -2.22. The Morgan fingerprint density at radius 3 is 2.46 bits per heavy atom. The van der Waals surface area contributed by atoms with Gasteiger partial charge >= 0.3 is 0 Å². The summed E-state index contributed by atoms with van der Waals surface area (Å²) < 4.78 is 41.9. The lowest BCUT2D eigenvalue weighted by atomic mass is 9.91. The van der Waals surface area contributed by atoms with Crippen LogP contribution >= 0.6 is 23.2 Å². The first-order chi connectivity index (χ1) is 13.4. The molecule has 1 N–H and O–H groups in total. The van der Waals surface area contributed by atoms with Gasteiger partial charge in [0, 0.05) is 11.6 Å². The molecule has 1 aliphatic rings. The van der Waals surface area contributed by atoms with Crippen LogP contribution in [0.3, 0.4) is 0 Å². The summed E-state index contributed by atoms with van der Waals surface area (Å²) in [4.78, 5) is -0.145. The van der Waals surface area contributed by atoms with Gasteiger partial charge in [-0.2, -0.15) is 0 Å². The van der Waals surface area contributed by atoms with Crippen LogP contribution in [-0.2, 0) is 16.4 Å². The molecule has 4 rings (SSSR count). The van der Waals surface area contributed by atoms with Gasteiger partial charge in [-0.15, -0.1) is 0 Å². The summed E-state index contributed by atoms with van der Waals surface area (Å²) in [5.41, 5.74) is 1.23. The molecule has 8 heteroatoms. The van der Waals surface area contributed by atoms with Crippen molar-refractivity contribution in [2.45, 2.75) is 24.2 Å². The molecule has 0 aliphatic carbocycles. The Kier molecular flexibility index (Phi) is 5.40. The second-order valence-electron chi connectivity index (χ2n) is 7.06. The second-order valence-corrected chi connectivity index (χ2v) is 9.63. The van der Waals surface area contributed by atoms with E-state index in [1.807, 2.05) is 0 Å². The molecule has 28 heavy (non-hydrogen) atoms. The smallest absolute Gasteiger partial charge is 0.271 e. The molecule has 1 saturated heterocycles. The average molecular weight is 441 g/mol. The summed E-state index contributed by atoms with van der Waals surface area (Å²) in [7, 11) is -4.04. The van der Waals surface area contributed by atoms with Gasteiger partial charge in [-0.05, 0) is 74.2 Å². The van der Waals surface area contributed by atoms with Crippen LogP contribution in [0.4, 0.5) is 4.39 Å². The minimum absolute atomic E-state index is 0.0522. The molecular formula is C20H19Cl2FN2O2S. The van der Waals surface area contributed by atoms with Crippen molar-refractivity contribution < 1.29 is 12.8 Å². The zero-order valence-electron chi connectivity index (χ0n) is 15.0.